The summed E-state index contributed by atoms with van der Waals surface area (Å²) in [7, 11) is 0. The molecule has 0 aromatic heterocycles. The van der Waals surface area contributed by atoms with Gasteiger partial charge in [0.15, 0.2) is 6.29 Å². The van der Waals surface area contributed by atoms with Crippen molar-refractivity contribution in [2.45, 2.75) is 13.2 Å². The Morgan fingerprint density at radius 3 is 2.50 bits per heavy atom. The van der Waals surface area contributed by atoms with Crippen LogP contribution in [0.1, 0.15) is 6.92 Å². The maximum Gasteiger partial charge on any atom is 0.318 e. The topological polar surface area (TPSA) is 55.8 Å². The van der Waals surface area contributed by atoms with Crippen LogP contribution in [0.5, 0.6) is 0 Å². The molecule has 0 aliphatic carbocycles. The highest BCUT2D eigenvalue weighted by atomic mass is 16.7. The Kier molecular flexibility index (Phi) is 2.49. The van der Waals surface area contributed by atoms with Gasteiger partial charge in [0.05, 0.1) is 13.2 Å². The van der Waals surface area contributed by atoms with Crippen molar-refractivity contribution in [3.63, 3.8) is 0 Å². The number of carboxylic acid groups (broad SMARTS) is 1. The van der Waals surface area contributed by atoms with Crippen molar-refractivity contribution < 1.29 is 19.4 Å². The second-order valence-corrected chi connectivity index (χ2v) is 2.87. The Bertz CT molecular complexity index is 195. The molecule has 0 bridgehead atoms. The highest BCUT2D eigenvalue weighted by Gasteiger charge is 2.42. The summed E-state index contributed by atoms with van der Waals surface area (Å²) in [5.74, 6) is -0.982. The molecule has 0 aromatic carbocycles. The van der Waals surface area contributed by atoms with Gasteiger partial charge in [0, 0.05) is 0 Å². The minimum atomic E-state index is -1.14. The zero-order valence-electron chi connectivity index (χ0n) is 6.95. The lowest BCUT2D eigenvalue weighted by Gasteiger charge is -2.25. The van der Waals surface area contributed by atoms with E-state index in [1.165, 1.54) is 13.0 Å². The molecule has 1 fully saturated rings. The van der Waals surface area contributed by atoms with Crippen LogP contribution in [0.4, 0.5) is 0 Å². The predicted molar refractivity (Wildman–Crippen MR) is 41.6 cm³/mol. The average molecular weight is 172 g/mol. The first-order valence-corrected chi connectivity index (χ1v) is 3.71. The van der Waals surface area contributed by atoms with E-state index in [1.54, 1.807) is 0 Å². The third kappa shape index (κ3) is 1.35. The molecule has 12 heavy (non-hydrogen) atoms. The summed E-state index contributed by atoms with van der Waals surface area (Å²) < 4.78 is 10.2. The van der Waals surface area contributed by atoms with Gasteiger partial charge in [-0.2, -0.15) is 0 Å². The van der Waals surface area contributed by atoms with Crippen molar-refractivity contribution in [2.75, 3.05) is 13.2 Å². The van der Waals surface area contributed by atoms with Gasteiger partial charge in [-0.05, 0) is 6.92 Å². The number of carbonyl (C=O) groups is 1. The summed E-state index contributed by atoms with van der Waals surface area (Å²) in [6.07, 6.45) is 0.637. The molecule has 1 aliphatic heterocycles. The van der Waals surface area contributed by atoms with E-state index >= 15 is 0 Å². The molecule has 0 aromatic rings. The van der Waals surface area contributed by atoms with E-state index in [9.17, 15) is 4.79 Å². The van der Waals surface area contributed by atoms with Crippen LogP contribution in [-0.2, 0) is 14.3 Å². The molecule has 1 aliphatic rings. The van der Waals surface area contributed by atoms with Gasteiger partial charge < -0.3 is 14.6 Å². The molecule has 0 radical (unpaired) electrons. The highest BCUT2D eigenvalue weighted by molar-refractivity contribution is 5.77. The average Bonchev–Trinajstić information content (AvgIpc) is 2.54. The molecule has 0 spiro atoms. The number of hydrogen-bond donors (Lipinski definition) is 1. The molecule has 68 valence electrons. The van der Waals surface area contributed by atoms with Crippen molar-refractivity contribution in [2.24, 2.45) is 5.41 Å². The number of ether oxygens (including phenoxy) is 2. The monoisotopic (exact) mass is 172 g/mol. The first-order valence-electron chi connectivity index (χ1n) is 3.71. The van der Waals surface area contributed by atoms with Gasteiger partial charge >= 0.3 is 5.97 Å². The third-order valence-corrected chi connectivity index (χ3v) is 2.00. The molecule has 0 saturated carbocycles. The molecular formula is C8H12O4. The highest BCUT2D eigenvalue weighted by Crippen LogP contribution is 2.29. The first kappa shape index (κ1) is 9.22. The lowest BCUT2D eigenvalue weighted by molar-refractivity contribution is -0.168. The standard InChI is InChI=1S/C8H12O4/c1-3-8(2,6(9)10)7-11-4-5-12-7/h3,7H,1,4-5H2,2H3,(H,9,10). The summed E-state index contributed by atoms with van der Waals surface area (Å²) >= 11 is 0. The van der Waals surface area contributed by atoms with E-state index in [0.717, 1.165) is 0 Å². The Morgan fingerprint density at radius 1 is 1.67 bits per heavy atom. The number of rotatable bonds is 3. The van der Waals surface area contributed by atoms with Crippen LogP contribution in [0.3, 0.4) is 0 Å². The Hall–Kier alpha value is -0.870. The van der Waals surface area contributed by atoms with Crippen LogP contribution in [0, 0.1) is 5.41 Å². The van der Waals surface area contributed by atoms with E-state index in [4.69, 9.17) is 14.6 Å². The van der Waals surface area contributed by atoms with Gasteiger partial charge in [0.2, 0.25) is 0 Å². The van der Waals surface area contributed by atoms with Crippen LogP contribution in [0.15, 0.2) is 12.7 Å². The van der Waals surface area contributed by atoms with E-state index in [1.807, 2.05) is 0 Å². The smallest absolute Gasteiger partial charge is 0.318 e. The van der Waals surface area contributed by atoms with Crippen molar-refractivity contribution in [3.05, 3.63) is 12.7 Å². The Balaban J connectivity index is 2.77. The second-order valence-electron chi connectivity index (χ2n) is 2.87. The molecular weight excluding hydrogens is 160 g/mol. The molecule has 1 heterocycles. The quantitative estimate of drug-likeness (QED) is 0.634. The molecule has 1 rings (SSSR count). The second kappa shape index (κ2) is 3.25. The van der Waals surface area contributed by atoms with Crippen LogP contribution in [-0.4, -0.2) is 30.6 Å². The molecule has 1 saturated heterocycles. The maximum absolute atomic E-state index is 10.8. The Morgan fingerprint density at radius 2 is 2.17 bits per heavy atom. The van der Waals surface area contributed by atoms with Crippen molar-refractivity contribution >= 4 is 5.97 Å². The number of hydrogen-bond acceptors (Lipinski definition) is 3. The number of carboxylic acids is 1. The van der Waals surface area contributed by atoms with E-state index in [2.05, 4.69) is 6.58 Å². The largest absolute Gasteiger partial charge is 0.480 e. The van der Waals surface area contributed by atoms with Crippen LogP contribution in [0.2, 0.25) is 0 Å². The van der Waals surface area contributed by atoms with Crippen molar-refractivity contribution in [1.29, 1.82) is 0 Å². The van der Waals surface area contributed by atoms with Gasteiger partial charge in [-0.25, -0.2) is 0 Å². The van der Waals surface area contributed by atoms with E-state index in [0.29, 0.717) is 13.2 Å². The van der Waals surface area contributed by atoms with Gasteiger partial charge in [-0.15, -0.1) is 6.58 Å². The lowest BCUT2D eigenvalue weighted by Crippen LogP contribution is -2.38. The molecule has 0 amide bonds. The summed E-state index contributed by atoms with van der Waals surface area (Å²) in [4.78, 5) is 10.8. The summed E-state index contributed by atoms with van der Waals surface area (Å²) in [5, 5.41) is 8.86. The number of aliphatic carboxylic acids is 1. The first-order chi connectivity index (χ1) is 5.61. The van der Waals surface area contributed by atoms with Gasteiger partial charge in [0.25, 0.3) is 0 Å². The SMILES string of the molecule is C=CC(C)(C(=O)O)C1OCCO1. The predicted octanol–water partition coefficient (Wildman–Crippen LogP) is 0.636. The molecule has 1 atom stereocenters. The Labute approximate surface area is 70.8 Å². The summed E-state index contributed by atoms with van der Waals surface area (Å²) in [6.45, 7) is 5.88. The minimum Gasteiger partial charge on any atom is -0.480 e. The van der Waals surface area contributed by atoms with Crippen molar-refractivity contribution in [3.8, 4) is 0 Å². The van der Waals surface area contributed by atoms with Crippen LogP contribution in [0.25, 0.3) is 0 Å². The lowest BCUT2D eigenvalue weighted by atomic mass is 9.90. The normalized spacial score (nSPS) is 23.4. The molecule has 4 nitrogen and oxygen atoms in total. The molecule has 4 heteroatoms. The minimum absolute atomic E-state index is 0.446. The fourth-order valence-corrected chi connectivity index (χ4v) is 0.989. The third-order valence-electron chi connectivity index (χ3n) is 2.00. The zero-order chi connectivity index (χ0) is 9.19. The van der Waals surface area contributed by atoms with Crippen molar-refractivity contribution in [1.82, 2.24) is 0 Å². The maximum atomic E-state index is 10.8. The van der Waals surface area contributed by atoms with Gasteiger partial charge in [-0.1, -0.05) is 6.08 Å². The molecule has 1 N–H and O–H groups in total. The molecule has 1 unspecified atom stereocenters. The zero-order valence-corrected chi connectivity index (χ0v) is 6.95. The van der Waals surface area contributed by atoms with E-state index < -0.39 is 17.7 Å². The van der Waals surface area contributed by atoms with Crippen LogP contribution >= 0.6 is 0 Å². The van der Waals surface area contributed by atoms with E-state index in [-0.39, 0.29) is 0 Å². The fraction of sp³-hybridized carbons (Fsp3) is 0.625. The fourth-order valence-electron chi connectivity index (χ4n) is 0.989. The van der Waals surface area contributed by atoms with Gasteiger partial charge in [-0.3, -0.25) is 4.79 Å². The summed E-state index contributed by atoms with van der Waals surface area (Å²) in [5.41, 5.74) is -1.14. The summed E-state index contributed by atoms with van der Waals surface area (Å²) in [6, 6.07) is 0. The van der Waals surface area contributed by atoms with Gasteiger partial charge in [0.1, 0.15) is 5.41 Å². The van der Waals surface area contributed by atoms with Crippen LogP contribution < -0.4 is 0 Å².